The smallest absolute Gasteiger partial charge is 0.227 e. The van der Waals surface area contributed by atoms with Crippen molar-refractivity contribution < 1.29 is 9.59 Å². The van der Waals surface area contributed by atoms with Crippen LogP contribution in [0.4, 0.5) is 5.69 Å². The first-order valence-electron chi connectivity index (χ1n) is 6.89. The van der Waals surface area contributed by atoms with E-state index in [9.17, 15) is 9.59 Å². The van der Waals surface area contributed by atoms with Gasteiger partial charge in [-0.2, -0.15) is 0 Å². The molecule has 1 aliphatic rings. The molecule has 0 radical (unpaired) electrons. The van der Waals surface area contributed by atoms with Crippen molar-refractivity contribution in [3.05, 3.63) is 29.0 Å². The highest BCUT2D eigenvalue weighted by atomic mass is 79.9. The number of nitrogens with zero attached hydrogens (tertiary/aromatic N) is 3. The number of benzene rings is 1. The van der Waals surface area contributed by atoms with Crippen molar-refractivity contribution in [2.75, 3.05) is 17.2 Å². The zero-order valence-electron chi connectivity index (χ0n) is 12.0. The molecule has 2 aromatic rings. The van der Waals surface area contributed by atoms with Gasteiger partial charge in [-0.25, -0.2) is 0 Å². The van der Waals surface area contributed by atoms with Crippen molar-refractivity contribution >= 4 is 55.4 Å². The Labute approximate surface area is 140 Å². The van der Waals surface area contributed by atoms with Gasteiger partial charge < -0.3 is 4.90 Å². The van der Waals surface area contributed by atoms with E-state index < -0.39 is 0 Å². The molecule has 1 aromatic heterocycles. The third-order valence-corrected chi connectivity index (χ3v) is 5.40. The Hall–Kier alpha value is -1.47. The molecule has 7 heteroatoms. The highest BCUT2D eigenvalue weighted by Gasteiger charge is 2.32. The number of carbonyl (C=O) groups is 2. The lowest BCUT2D eigenvalue weighted by molar-refractivity contribution is -0.117. The molecule has 3 rings (SSSR count). The zero-order valence-corrected chi connectivity index (χ0v) is 14.4. The topological polar surface area (TPSA) is 63.2 Å². The second-order valence-electron chi connectivity index (χ2n) is 5.20. The van der Waals surface area contributed by atoms with Crippen LogP contribution in [-0.2, 0) is 9.59 Å². The van der Waals surface area contributed by atoms with Crippen molar-refractivity contribution in [3.63, 3.8) is 0 Å². The van der Waals surface area contributed by atoms with Crippen LogP contribution >= 0.6 is 27.7 Å². The molecule has 1 fully saturated rings. The SMILES string of the molecule is CC(=O)SCC1CC(=O)N(c2ccc3nccnc3c2Br)C1. The van der Waals surface area contributed by atoms with Crippen molar-refractivity contribution in [1.29, 1.82) is 0 Å². The van der Waals surface area contributed by atoms with Crippen LogP contribution in [0.2, 0.25) is 0 Å². The summed E-state index contributed by atoms with van der Waals surface area (Å²) in [6.07, 6.45) is 3.75. The van der Waals surface area contributed by atoms with Crippen LogP contribution in [-0.4, -0.2) is 33.3 Å². The van der Waals surface area contributed by atoms with Gasteiger partial charge >= 0.3 is 0 Å². The first-order valence-corrected chi connectivity index (χ1v) is 8.67. The molecule has 1 atom stereocenters. The van der Waals surface area contributed by atoms with E-state index in [1.165, 1.54) is 11.8 Å². The Bertz CT molecular complexity index is 753. The molecular weight excluding hydrogens is 366 g/mol. The molecule has 0 N–H and O–H groups in total. The van der Waals surface area contributed by atoms with Crippen LogP contribution < -0.4 is 4.90 Å². The summed E-state index contributed by atoms with van der Waals surface area (Å²) in [4.78, 5) is 33.7. The van der Waals surface area contributed by atoms with Gasteiger partial charge in [0.05, 0.1) is 15.7 Å². The fourth-order valence-electron chi connectivity index (χ4n) is 2.56. The van der Waals surface area contributed by atoms with E-state index >= 15 is 0 Å². The summed E-state index contributed by atoms with van der Waals surface area (Å²) < 4.78 is 0.784. The van der Waals surface area contributed by atoms with Crippen molar-refractivity contribution in [1.82, 2.24) is 9.97 Å². The molecule has 1 aliphatic heterocycles. The van der Waals surface area contributed by atoms with E-state index in [1.807, 2.05) is 12.1 Å². The number of halogens is 1. The second kappa shape index (κ2) is 6.34. The summed E-state index contributed by atoms with van der Waals surface area (Å²) in [6, 6.07) is 3.76. The first-order chi connectivity index (χ1) is 10.6. The van der Waals surface area contributed by atoms with Gasteiger partial charge in [0.2, 0.25) is 5.91 Å². The molecule has 1 saturated heterocycles. The number of amides is 1. The third kappa shape index (κ3) is 3.01. The lowest BCUT2D eigenvalue weighted by Crippen LogP contribution is -2.25. The van der Waals surface area contributed by atoms with Crippen LogP contribution in [0.3, 0.4) is 0 Å². The number of hydrogen-bond donors (Lipinski definition) is 0. The predicted molar refractivity (Wildman–Crippen MR) is 90.8 cm³/mol. The summed E-state index contributed by atoms with van der Waals surface area (Å²) in [7, 11) is 0. The summed E-state index contributed by atoms with van der Waals surface area (Å²) in [5.41, 5.74) is 2.34. The zero-order chi connectivity index (χ0) is 15.7. The Morgan fingerprint density at radius 2 is 2.18 bits per heavy atom. The first kappa shape index (κ1) is 15.4. The lowest BCUT2D eigenvalue weighted by Gasteiger charge is -2.19. The molecule has 0 aliphatic carbocycles. The number of thioether (sulfide) groups is 1. The second-order valence-corrected chi connectivity index (χ2v) is 7.19. The van der Waals surface area contributed by atoms with Crippen molar-refractivity contribution in [2.24, 2.45) is 5.92 Å². The highest BCUT2D eigenvalue weighted by Crippen LogP contribution is 2.35. The van der Waals surface area contributed by atoms with Crippen LogP contribution in [0.1, 0.15) is 13.3 Å². The molecule has 22 heavy (non-hydrogen) atoms. The van der Waals surface area contributed by atoms with Gasteiger partial charge in [0.15, 0.2) is 5.12 Å². The van der Waals surface area contributed by atoms with Crippen LogP contribution in [0.25, 0.3) is 11.0 Å². The highest BCUT2D eigenvalue weighted by molar-refractivity contribution is 9.10. The largest absolute Gasteiger partial charge is 0.311 e. The van der Waals surface area contributed by atoms with Gasteiger partial charge in [0, 0.05) is 38.0 Å². The Kier molecular flexibility index (Phi) is 4.44. The van der Waals surface area contributed by atoms with E-state index in [0.29, 0.717) is 18.7 Å². The molecule has 1 unspecified atom stereocenters. The van der Waals surface area contributed by atoms with Gasteiger partial charge in [0.1, 0.15) is 5.52 Å². The fourth-order valence-corrected chi connectivity index (χ4v) is 3.91. The molecule has 0 bridgehead atoms. The van der Waals surface area contributed by atoms with E-state index in [4.69, 9.17) is 0 Å². The minimum absolute atomic E-state index is 0.0816. The average Bonchev–Trinajstić information content (AvgIpc) is 2.87. The summed E-state index contributed by atoms with van der Waals surface area (Å²) in [5, 5.41) is 0.0908. The van der Waals surface area contributed by atoms with E-state index in [1.54, 1.807) is 24.2 Å². The van der Waals surface area contributed by atoms with Crippen molar-refractivity contribution in [3.8, 4) is 0 Å². The average molecular weight is 380 g/mol. The summed E-state index contributed by atoms with van der Waals surface area (Å²) in [5.74, 6) is 0.965. The summed E-state index contributed by atoms with van der Waals surface area (Å²) >= 11 is 4.83. The molecule has 1 amide bonds. The number of carbonyl (C=O) groups excluding carboxylic acids is 2. The van der Waals surface area contributed by atoms with Gasteiger partial charge in [-0.3, -0.25) is 19.6 Å². The number of aromatic nitrogens is 2. The van der Waals surface area contributed by atoms with Gasteiger partial charge in [-0.05, 0) is 34.0 Å². The molecule has 0 saturated carbocycles. The molecule has 0 spiro atoms. The fraction of sp³-hybridized carbons (Fsp3) is 0.333. The maximum atomic E-state index is 12.3. The minimum Gasteiger partial charge on any atom is -0.311 e. The predicted octanol–water partition coefficient (Wildman–Crippen LogP) is 3.02. The quantitative estimate of drug-likeness (QED) is 0.819. The van der Waals surface area contributed by atoms with E-state index in [-0.39, 0.29) is 16.9 Å². The van der Waals surface area contributed by atoms with Crippen molar-refractivity contribution in [2.45, 2.75) is 13.3 Å². The minimum atomic E-state index is 0.0816. The van der Waals surface area contributed by atoms with Gasteiger partial charge in [-0.15, -0.1) is 0 Å². The maximum absolute atomic E-state index is 12.3. The van der Waals surface area contributed by atoms with Gasteiger partial charge in [-0.1, -0.05) is 11.8 Å². The molecular formula is C15H14BrN3O2S. The maximum Gasteiger partial charge on any atom is 0.227 e. The Morgan fingerprint density at radius 1 is 1.41 bits per heavy atom. The molecule has 5 nitrogen and oxygen atoms in total. The Morgan fingerprint density at radius 3 is 2.95 bits per heavy atom. The van der Waals surface area contributed by atoms with Crippen LogP contribution in [0, 0.1) is 5.92 Å². The normalized spacial score (nSPS) is 18.2. The summed E-state index contributed by atoms with van der Waals surface area (Å²) in [6.45, 7) is 2.18. The number of fused-ring (bicyclic) bond motifs is 1. The number of rotatable bonds is 3. The standard InChI is InChI=1S/C15H14BrN3O2S/c1-9(20)22-8-10-6-13(21)19(7-10)12-3-2-11-15(14(12)16)18-5-4-17-11/h2-5,10H,6-8H2,1H3. The van der Waals surface area contributed by atoms with Crippen LogP contribution in [0.5, 0.6) is 0 Å². The van der Waals surface area contributed by atoms with Gasteiger partial charge in [0.25, 0.3) is 0 Å². The van der Waals surface area contributed by atoms with E-state index in [0.717, 1.165) is 21.2 Å². The molecule has 114 valence electrons. The third-order valence-electron chi connectivity index (χ3n) is 3.58. The number of anilines is 1. The van der Waals surface area contributed by atoms with E-state index in [2.05, 4.69) is 25.9 Å². The van der Waals surface area contributed by atoms with Crippen LogP contribution in [0.15, 0.2) is 29.0 Å². The molecule has 1 aromatic carbocycles. The Balaban J connectivity index is 1.86. The lowest BCUT2D eigenvalue weighted by atomic mass is 10.1. The number of hydrogen-bond acceptors (Lipinski definition) is 5. The molecule has 2 heterocycles. The monoisotopic (exact) mass is 379 g/mol.